The van der Waals surface area contributed by atoms with E-state index in [0.717, 1.165) is 12.8 Å². The van der Waals surface area contributed by atoms with Crippen molar-refractivity contribution in [2.75, 3.05) is 6.61 Å². The molecular formula is C13H22N4O5. The summed E-state index contributed by atoms with van der Waals surface area (Å²) in [5.74, 6) is -0.509. The number of carbonyl (C=O) groups excluding carboxylic acids is 1. The SMILES string of the molecule is CCCCO[C@H]1[C@@H](O)[C@H](NC(=O)c2c[nH]cn2)O[C@@H]1C(N)O. The van der Waals surface area contributed by atoms with E-state index in [1.807, 2.05) is 6.92 Å². The Kier molecular flexibility index (Phi) is 5.86. The van der Waals surface area contributed by atoms with Crippen molar-refractivity contribution in [1.82, 2.24) is 15.3 Å². The molecule has 5 atom stereocenters. The topological polar surface area (TPSA) is 143 Å². The van der Waals surface area contributed by atoms with Crippen molar-refractivity contribution in [2.24, 2.45) is 5.73 Å². The molecular weight excluding hydrogens is 292 g/mol. The molecule has 1 aliphatic rings. The quantitative estimate of drug-likeness (QED) is 0.310. The molecule has 0 aromatic carbocycles. The van der Waals surface area contributed by atoms with E-state index in [1.165, 1.54) is 12.5 Å². The number of hydrogen-bond acceptors (Lipinski definition) is 7. The van der Waals surface area contributed by atoms with Gasteiger partial charge in [-0.05, 0) is 6.42 Å². The first-order valence-electron chi connectivity index (χ1n) is 7.23. The summed E-state index contributed by atoms with van der Waals surface area (Å²) in [4.78, 5) is 18.4. The molecule has 0 bridgehead atoms. The summed E-state index contributed by atoms with van der Waals surface area (Å²) < 4.78 is 11.0. The number of nitrogens with two attached hydrogens (primary N) is 1. The molecule has 2 heterocycles. The van der Waals surface area contributed by atoms with E-state index >= 15 is 0 Å². The van der Waals surface area contributed by atoms with Crippen molar-refractivity contribution in [2.45, 2.75) is 50.5 Å². The molecule has 1 aliphatic heterocycles. The van der Waals surface area contributed by atoms with Gasteiger partial charge in [0.15, 0.2) is 6.23 Å². The van der Waals surface area contributed by atoms with Gasteiger partial charge in [-0.2, -0.15) is 0 Å². The summed E-state index contributed by atoms with van der Waals surface area (Å²) in [6, 6.07) is 0. The van der Waals surface area contributed by atoms with Crippen LogP contribution in [-0.4, -0.2) is 63.5 Å². The van der Waals surface area contributed by atoms with Crippen molar-refractivity contribution in [3.8, 4) is 0 Å². The molecule has 9 nitrogen and oxygen atoms in total. The number of imidazole rings is 1. The number of aromatic amines is 1. The first-order chi connectivity index (χ1) is 10.5. The molecule has 22 heavy (non-hydrogen) atoms. The maximum atomic E-state index is 11.9. The number of aliphatic hydroxyl groups is 2. The average molecular weight is 314 g/mol. The lowest BCUT2D eigenvalue weighted by Crippen LogP contribution is -2.46. The van der Waals surface area contributed by atoms with E-state index in [1.54, 1.807) is 0 Å². The van der Waals surface area contributed by atoms with Crippen molar-refractivity contribution in [3.63, 3.8) is 0 Å². The summed E-state index contributed by atoms with van der Waals surface area (Å²) >= 11 is 0. The second kappa shape index (κ2) is 7.65. The van der Waals surface area contributed by atoms with Gasteiger partial charge in [-0.1, -0.05) is 13.3 Å². The van der Waals surface area contributed by atoms with Gasteiger partial charge in [0.2, 0.25) is 0 Å². The predicted octanol–water partition coefficient (Wildman–Crippen LogP) is -1.31. The standard InChI is InChI=1S/C13H22N4O5/c1-2-3-4-21-9-8(18)13(22-10(9)11(14)19)17-12(20)7-5-15-6-16-7/h5-6,8-11,13,18-19H,2-4,14H2,1H3,(H,15,16)(H,17,20)/t8-,9+,10+,11?,13-/m1/s1. The maximum absolute atomic E-state index is 11.9. The van der Waals surface area contributed by atoms with Gasteiger partial charge in [0.05, 0.1) is 6.33 Å². The number of H-pyrrole nitrogens is 1. The molecule has 1 unspecified atom stereocenters. The van der Waals surface area contributed by atoms with Gasteiger partial charge in [0, 0.05) is 12.8 Å². The minimum absolute atomic E-state index is 0.163. The molecule has 2 rings (SSSR count). The van der Waals surface area contributed by atoms with Gasteiger partial charge in [-0.15, -0.1) is 0 Å². The van der Waals surface area contributed by atoms with E-state index in [2.05, 4.69) is 15.3 Å². The number of nitrogens with zero attached hydrogens (tertiary/aromatic N) is 1. The molecule has 6 N–H and O–H groups in total. The van der Waals surface area contributed by atoms with Gasteiger partial charge in [0.1, 0.15) is 30.2 Å². The van der Waals surface area contributed by atoms with Crippen LogP contribution in [-0.2, 0) is 9.47 Å². The lowest BCUT2D eigenvalue weighted by atomic mass is 10.1. The zero-order chi connectivity index (χ0) is 16.1. The maximum Gasteiger partial charge on any atom is 0.273 e. The van der Waals surface area contributed by atoms with Gasteiger partial charge in [-0.3, -0.25) is 4.79 Å². The van der Waals surface area contributed by atoms with Gasteiger partial charge in [0.25, 0.3) is 5.91 Å². The van der Waals surface area contributed by atoms with Gasteiger partial charge in [-0.25, -0.2) is 4.98 Å². The van der Waals surface area contributed by atoms with Crippen LogP contribution in [0.15, 0.2) is 12.5 Å². The summed E-state index contributed by atoms with van der Waals surface area (Å²) in [5, 5.41) is 22.3. The van der Waals surface area contributed by atoms with Crippen LogP contribution < -0.4 is 11.1 Å². The number of rotatable bonds is 7. The molecule has 1 aromatic heterocycles. The minimum atomic E-state index is -1.33. The van der Waals surface area contributed by atoms with Gasteiger partial charge >= 0.3 is 0 Å². The second-order valence-corrected chi connectivity index (χ2v) is 5.12. The van der Waals surface area contributed by atoms with Crippen molar-refractivity contribution in [1.29, 1.82) is 0 Å². The number of unbranched alkanes of at least 4 members (excludes halogenated alkanes) is 1. The first-order valence-corrected chi connectivity index (χ1v) is 7.23. The Morgan fingerprint density at radius 2 is 2.45 bits per heavy atom. The fraction of sp³-hybridized carbons (Fsp3) is 0.692. The highest BCUT2D eigenvalue weighted by atomic mass is 16.6. The Balaban J connectivity index is 1.99. The highest BCUT2D eigenvalue weighted by molar-refractivity contribution is 5.92. The predicted molar refractivity (Wildman–Crippen MR) is 75.6 cm³/mol. The zero-order valence-electron chi connectivity index (χ0n) is 12.3. The fourth-order valence-electron chi connectivity index (χ4n) is 2.23. The Morgan fingerprint density at radius 3 is 3.05 bits per heavy atom. The van der Waals surface area contributed by atoms with E-state index in [9.17, 15) is 15.0 Å². The van der Waals surface area contributed by atoms with Crippen LogP contribution in [0.2, 0.25) is 0 Å². The number of aliphatic hydroxyl groups excluding tert-OH is 2. The normalized spacial score (nSPS) is 29.5. The van der Waals surface area contributed by atoms with E-state index in [0.29, 0.717) is 6.61 Å². The van der Waals surface area contributed by atoms with E-state index < -0.39 is 36.7 Å². The number of carbonyl (C=O) groups is 1. The van der Waals surface area contributed by atoms with E-state index in [-0.39, 0.29) is 5.69 Å². The number of hydrogen-bond donors (Lipinski definition) is 5. The second-order valence-electron chi connectivity index (χ2n) is 5.12. The number of aromatic nitrogens is 2. The minimum Gasteiger partial charge on any atom is -0.386 e. The highest BCUT2D eigenvalue weighted by Gasteiger charge is 2.47. The summed E-state index contributed by atoms with van der Waals surface area (Å²) in [6.45, 7) is 2.41. The van der Waals surface area contributed by atoms with Crippen LogP contribution in [0, 0.1) is 0 Å². The van der Waals surface area contributed by atoms with Crippen LogP contribution in [0.3, 0.4) is 0 Å². The lowest BCUT2D eigenvalue weighted by Gasteiger charge is -2.22. The third-order valence-corrected chi connectivity index (χ3v) is 3.42. The molecule has 124 valence electrons. The Hall–Kier alpha value is -1.52. The molecule has 0 saturated carbocycles. The summed E-state index contributed by atoms with van der Waals surface area (Å²) in [7, 11) is 0. The molecule has 0 aliphatic carbocycles. The van der Waals surface area contributed by atoms with Crippen LogP contribution in [0.1, 0.15) is 30.3 Å². The monoisotopic (exact) mass is 314 g/mol. The Bertz CT molecular complexity index is 467. The Morgan fingerprint density at radius 1 is 1.68 bits per heavy atom. The third-order valence-electron chi connectivity index (χ3n) is 3.42. The molecule has 0 spiro atoms. The molecule has 1 aromatic rings. The van der Waals surface area contributed by atoms with Crippen LogP contribution in [0.5, 0.6) is 0 Å². The van der Waals surface area contributed by atoms with E-state index in [4.69, 9.17) is 15.2 Å². The molecule has 1 saturated heterocycles. The molecule has 0 radical (unpaired) electrons. The zero-order valence-corrected chi connectivity index (χ0v) is 12.3. The van der Waals surface area contributed by atoms with Gasteiger partial charge < -0.3 is 35.7 Å². The number of amides is 1. The summed E-state index contributed by atoms with van der Waals surface area (Å²) in [5.41, 5.74) is 5.61. The van der Waals surface area contributed by atoms with Crippen LogP contribution in [0.4, 0.5) is 0 Å². The smallest absolute Gasteiger partial charge is 0.273 e. The Labute approximate surface area is 127 Å². The van der Waals surface area contributed by atoms with Crippen LogP contribution in [0.25, 0.3) is 0 Å². The van der Waals surface area contributed by atoms with Crippen LogP contribution >= 0.6 is 0 Å². The van der Waals surface area contributed by atoms with Crippen molar-refractivity contribution >= 4 is 5.91 Å². The highest BCUT2D eigenvalue weighted by Crippen LogP contribution is 2.24. The molecule has 9 heteroatoms. The largest absolute Gasteiger partial charge is 0.386 e. The number of nitrogens with one attached hydrogen (secondary N) is 2. The summed E-state index contributed by atoms with van der Waals surface area (Å²) in [6.07, 6.45) is -0.701. The lowest BCUT2D eigenvalue weighted by molar-refractivity contribution is -0.0866. The fourth-order valence-corrected chi connectivity index (χ4v) is 2.23. The third kappa shape index (κ3) is 3.81. The van der Waals surface area contributed by atoms with Crippen molar-refractivity contribution in [3.05, 3.63) is 18.2 Å². The molecule has 1 amide bonds. The number of ether oxygens (including phenoxy) is 2. The average Bonchev–Trinajstić information content (AvgIpc) is 3.10. The van der Waals surface area contributed by atoms with Crippen molar-refractivity contribution < 1.29 is 24.5 Å². The first kappa shape index (κ1) is 16.8. The molecule has 1 fully saturated rings.